The van der Waals surface area contributed by atoms with Crippen molar-refractivity contribution in [3.8, 4) is 12.3 Å². The Bertz CT molecular complexity index is 668. The minimum atomic E-state index is -0.367. The maximum absolute atomic E-state index is 12.1. The maximum atomic E-state index is 12.1. The highest BCUT2D eigenvalue weighted by molar-refractivity contribution is 7.13. The van der Waals surface area contributed by atoms with Crippen LogP contribution in [0.4, 0.5) is 0 Å². The summed E-state index contributed by atoms with van der Waals surface area (Å²) in [5.41, 5.74) is 2.36. The van der Waals surface area contributed by atoms with Gasteiger partial charge in [0.15, 0.2) is 0 Å². The van der Waals surface area contributed by atoms with E-state index in [1.165, 1.54) is 11.3 Å². The predicted octanol–water partition coefficient (Wildman–Crippen LogP) is 2.94. The molecule has 0 bridgehead atoms. The number of hydrogen-bond acceptors (Lipinski definition) is 5. The van der Waals surface area contributed by atoms with Crippen molar-refractivity contribution in [3.05, 3.63) is 51.0 Å². The van der Waals surface area contributed by atoms with E-state index >= 15 is 0 Å². The Labute approximate surface area is 127 Å². The van der Waals surface area contributed by atoms with Crippen molar-refractivity contribution in [3.63, 3.8) is 0 Å². The highest BCUT2D eigenvalue weighted by Gasteiger charge is 2.16. The van der Waals surface area contributed by atoms with Gasteiger partial charge >= 0.3 is 5.97 Å². The Balaban J connectivity index is 1.99. The number of nitrogens with zero attached hydrogens (tertiary/aromatic N) is 1. The Morgan fingerprint density at radius 1 is 1.33 bits per heavy atom. The first-order valence-corrected chi connectivity index (χ1v) is 7.13. The Morgan fingerprint density at radius 2 is 2.05 bits per heavy atom. The lowest BCUT2D eigenvalue weighted by atomic mass is 10.1. The van der Waals surface area contributed by atoms with Crippen LogP contribution in [0.2, 0.25) is 0 Å². The van der Waals surface area contributed by atoms with E-state index in [1.54, 1.807) is 14.0 Å². The molecule has 5 heteroatoms. The SMILES string of the molecule is C#Cc1ccc(COC(=O)c2sc(COC)nc2C)cc1. The van der Waals surface area contributed by atoms with Gasteiger partial charge in [-0.25, -0.2) is 9.78 Å². The molecule has 0 amide bonds. The first-order chi connectivity index (χ1) is 10.1. The molecule has 0 saturated carbocycles. The van der Waals surface area contributed by atoms with Gasteiger partial charge < -0.3 is 9.47 Å². The van der Waals surface area contributed by atoms with Crippen molar-refractivity contribution in [2.75, 3.05) is 7.11 Å². The number of carbonyl (C=O) groups excluding carboxylic acids is 1. The predicted molar refractivity (Wildman–Crippen MR) is 81.1 cm³/mol. The standard InChI is InChI=1S/C16H15NO3S/c1-4-12-5-7-13(8-6-12)9-20-16(18)15-11(2)17-14(21-15)10-19-3/h1,5-8H,9-10H2,2-3H3. The van der Waals surface area contributed by atoms with Crippen LogP contribution >= 0.6 is 11.3 Å². The number of methoxy groups -OCH3 is 1. The molecule has 2 rings (SSSR count). The van der Waals surface area contributed by atoms with Gasteiger partial charge in [-0.2, -0.15) is 0 Å². The summed E-state index contributed by atoms with van der Waals surface area (Å²) in [6.07, 6.45) is 5.29. The van der Waals surface area contributed by atoms with Gasteiger partial charge in [0, 0.05) is 12.7 Å². The average molecular weight is 301 g/mol. The van der Waals surface area contributed by atoms with Gasteiger partial charge in [0.05, 0.1) is 12.3 Å². The molecule has 0 radical (unpaired) electrons. The number of thiazole rings is 1. The second-order valence-corrected chi connectivity index (χ2v) is 5.46. The van der Waals surface area contributed by atoms with Crippen LogP contribution in [0.25, 0.3) is 0 Å². The summed E-state index contributed by atoms with van der Waals surface area (Å²) in [7, 11) is 1.59. The highest BCUT2D eigenvalue weighted by atomic mass is 32.1. The smallest absolute Gasteiger partial charge is 0.350 e. The zero-order valence-corrected chi connectivity index (χ0v) is 12.7. The minimum Gasteiger partial charge on any atom is -0.457 e. The molecule has 0 aliphatic carbocycles. The number of esters is 1. The van der Waals surface area contributed by atoms with Gasteiger partial charge in [-0.15, -0.1) is 17.8 Å². The second-order valence-electron chi connectivity index (χ2n) is 4.37. The van der Waals surface area contributed by atoms with Crippen molar-refractivity contribution in [2.24, 2.45) is 0 Å². The monoisotopic (exact) mass is 301 g/mol. The second kappa shape index (κ2) is 7.02. The highest BCUT2D eigenvalue weighted by Crippen LogP contribution is 2.20. The molecule has 21 heavy (non-hydrogen) atoms. The minimum absolute atomic E-state index is 0.209. The normalized spacial score (nSPS) is 10.1. The Morgan fingerprint density at radius 3 is 2.67 bits per heavy atom. The fraction of sp³-hybridized carbons (Fsp3) is 0.250. The largest absolute Gasteiger partial charge is 0.457 e. The maximum Gasteiger partial charge on any atom is 0.350 e. The average Bonchev–Trinajstić information content (AvgIpc) is 2.86. The third kappa shape index (κ3) is 3.91. The molecular weight excluding hydrogens is 286 g/mol. The van der Waals surface area contributed by atoms with Crippen molar-refractivity contribution in [2.45, 2.75) is 20.1 Å². The number of ether oxygens (including phenoxy) is 2. The molecule has 2 aromatic rings. The zero-order chi connectivity index (χ0) is 15.2. The van der Waals surface area contributed by atoms with Crippen LogP contribution in [-0.2, 0) is 22.7 Å². The molecule has 0 unspecified atom stereocenters. The fourth-order valence-electron chi connectivity index (χ4n) is 1.74. The van der Waals surface area contributed by atoms with Crippen LogP contribution in [0.1, 0.15) is 31.5 Å². The summed E-state index contributed by atoms with van der Waals surface area (Å²) in [6, 6.07) is 7.33. The molecule has 1 heterocycles. The summed E-state index contributed by atoms with van der Waals surface area (Å²) in [6.45, 7) is 2.39. The van der Waals surface area contributed by atoms with Gasteiger partial charge in [0.2, 0.25) is 0 Å². The van der Waals surface area contributed by atoms with Crippen molar-refractivity contribution in [1.29, 1.82) is 0 Å². The summed E-state index contributed by atoms with van der Waals surface area (Å²) in [4.78, 5) is 16.8. The summed E-state index contributed by atoms with van der Waals surface area (Å²) < 4.78 is 10.3. The molecule has 1 aromatic heterocycles. The lowest BCUT2D eigenvalue weighted by Gasteiger charge is -2.04. The van der Waals surface area contributed by atoms with E-state index in [2.05, 4.69) is 10.9 Å². The van der Waals surface area contributed by atoms with E-state index in [-0.39, 0.29) is 12.6 Å². The number of benzene rings is 1. The van der Waals surface area contributed by atoms with E-state index in [4.69, 9.17) is 15.9 Å². The molecule has 0 fully saturated rings. The molecule has 0 atom stereocenters. The van der Waals surface area contributed by atoms with E-state index in [0.29, 0.717) is 17.2 Å². The van der Waals surface area contributed by atoms with Crippen LogP contribution in [0.3, 0.4) is 0 Å². The van der Waals surface area contributed by atoms with Crippen LogP contribution < -0.4 is 0 Å². The number of terminal acetylenes is 1. The third-order valence-corrected chi connectivity index (χ3v) is 3.90. The van der Waals surface area contributed by atoms with Crippen LogP contribution in [0.5, 0.6) is 0 Å². The third-order valence-electron chi connectivity index (χ3n) is 2.78. The van der Waals surface area contributed by atoms with Gasteiger partial charge in [-0.1, -0.05) is 18.1 Å². The number of hydrogen-bond donors (Lipinski definition) is 0. The van der Waals surface area contributed by atoms with E-state index < -0.39 is 0 Å². The Hall–Kier alpha value is -2.16. The number of carbonyl (C=O) groups is 1. The zero-order valence-electron chi connectivity index (χ0n) is 11.9. The first-order valence-electron chi connectivity index (χ1n) is 6.32. The molecule has 4 nitrogen and oxygen atoms in total. The number of aromatic nitrogens is 1. The van der Waals surface area contributed by atoms with E-state index in [1.807, 2.05) is 24.3 Å². The molecule has 0 aliphatic heterocycles. The van der Waals surface area contributed by atoms with Crippen LogP contribution in [-0.4, -0.2) is 18.1 Å². The molecular formula is C16H15NO3S. The van der Waals surface area contributed by atoms with Gasteiger partial charge in [-0.3, -0.25) is 0 Å². The summed E-state index contributed by atoms with van der Waals surface area (Å²) in [5.74, 6) is 2.17. The van der Waals surface area contributed by atoms with E-state index in [9.17, 15) is 4.79 Å². The summed E-state index contributed by atoms with van der Waals surface area (Å²) in [5, 5.41) is 0.764. The Kier molecular flexibility index (Phi) is 5.09. The van der Waals surface area contributed by atoms with Gasteiger partial charge in [0.1, 0.15) is 16.5 Å². The lowest BCUT2D eigenvalue weighted by molar-refractivity contribution is 0.0477. The van der Waals surface area contributed by atoms with Crippen LogP contribution in [0, 0.1) is 19.3 Å². The van der Waals surface area contributed by atoms with Gasteiger partial charge in [-0.05, 0) is 24.6 Å². The fourth-order valence-corrected chi connectivity index (χ4v) is 2.67. The van der Waals surface area contributed by atoms with E-state index in [0.717, 1.165) is 16.1 Å². The van der Waals surface area contributed by atoms with Crippen LogP contribution in [0.15, 0.2) is 24.3 Å². The van der Waals surface area contributed by atoms with Crippen molar-refractivity contribution >= 4 is 17.3 Å². The molecule has 108 valence electrons. The van der Waals surface area contributed by atoms with Crippen molar-refractivity contribution < 1.29 is 14.3 Å². The number of aryl methyl sites for hydroxylation is 1. The topological polar surface area (TPSA) is 48.4 Å². The molecule has 0 spiro atoms. The number of rotatable bonds is 5. The molecule has 0 saturated heterocycles. The quantitative estimate of drug-likeness (QED) is 0.629. The molecule has 1 aromatic carbocycles. The molecule has 0 aliphatic rings. The first kappa shape index (κ1) is 15.2. The molecule has 0 N–H and O–H groups in total. The van der Waals surface area contributed by atoms with Crippen molar-refractivity contribution in [1.82, 2.24) is 4.98 Å². The summed E-state index contributed by atoms with van der Waals surface area (Å²) >= 11 is 1.30. The van der Waals surface area contributed by atoms with Gasteiger partial charge in [0.25, 0.3) is 0 Å². The lowest BCUT2D eigenvalue weighted by Crippen LogP contribution is -2.04.